The lowest BCUT2D eigenvalue weighted by Crippen LogP contribution is -2.15. The van der Waals surface area contributed by atoms with E-state index in [0.717, 1.165) is 6.07 Å². The van der Waals surface area contributed by atoms with Gasteiger partial charge in [0.2, 0.25) is 0 Å². The van der Waals surface area contributed by atoms with Gasteiger partial charge in [-0.25, -0.2) is 13.2 Å². The van der Waals surface area contributed by atoms with E-state index >= 15 is 0 Å². The second kappa shape index (κ2) is 4.52. The maximum atomic E-state index is 13.3. The highest BCUT2D eigenvalue weighted by Crippen LogP contribution is 2.16. The summed E-state index contributed by atoms with van der Waals surface area (Å²) in [6.07, 6.45) is 0. The van der Waals surface area contributed by atoms with Gasteiger partial charge in [-0.15, -0.1) is 0 Å². The SMILES string of the molecule is Cc1cc(NC(=O)c2ccc(F)c(F)c2F)n[nH]1. The molecule has 2 rings (SSSR count). The molecule has 4 nitrogen and oxygen atoms in total. The second-order valence-corrected chi connectivity index (χ2v) is 3.61. The highest BCUT2D eigenvalue weighted by molar-refractivity contribution is 6.03. The number of nitrogens with zero attached hydrogens (tertiary/aromatic N) is 1. The molecule has 0 saturated heterocycles. The van der Waals surface area contributed by atoms with Crippen molar-refractivity contribution in [2.24, 2.45) is 0 Å². The lowest BCUT2D eigenvalue weighted by atomic mass is 10.2. The van der Waals surface area contributed by atoms with E-state index in [1.807, 2.05) is 0 Å². The minimum absolute atomic E-state index is 0.168. The summed E-state index contributed by atoms with van der Waals surface area (Å²) in [5, 5.41) is 8.53. The average molecular weight is 255 g/mol. The Balaban J connectivity index is 2.27. The fourth-order valence-corrected chi connectivity index (χ4v) is 1.37. The van der Waals surface area contributed by atoms with Crippen LogP contribution < -0.4 is 5.32 Å². The van der Waals surface area contributed by atoms with Crippen LogP contribution in [0.15, 0.2) is 18.2 Å². The smallest absolute Gasteiger partial charge is 0.259 e. The summed E-state index contributed by atoms with van der Waals surface area (Å²) in [7, 11) is 0. The molecular weight excluding hydrogens is 247 g/mol. The van der Waals surface area contributed by atoms with Crippen LogP contribution in [0.3, 0.4) is 0 Å². The molecule has 0 aliphatic rings. The lowest BCUT2D eigenvalue weighted by Gasteiger charge is -2.04. The van der Waals surface area contributed by atoms with Gasteiger partial charge in [0, 0.05) is 11.8 Å². The molecule has 2 aromatic rings. The Morgan fingerprint density at radius 2 is 2.00 bits per heavy atom. The zero-order chi connectivity index (χ0) is 13.3. The van der Waals surface area contributed by atoms with Crippen molar-refractivity contribution in [1.29, 1.82) is 0 Å². The van der Waals surface area contributed by atoms with Crippen molar-refractivity contribution in [1.82, 2.24) is 10.2 Å². The Morgan fingerprint density at radius 1 is 1.28 bits per heavy atom. The summed E-state index contributed by atoms with van der Waals surface area (Å²) in [5.74, 6) is -5.29. The monoisotopic (exact) mass is 255 g/mol. The van der Waals surface area contributed by atoms with E-state index in [1.54, 1.807) is 6.92 Å². The van der Waals surface area contributed by atoms with Crippen LogP contribution in [0.25, 0.3) is 0 Å². The van der Waals surface area contributed by atoms with Gasteiger partial charge >= 0.3 is 0 Å². The van der Waals surface area contributed by atoms with Crippen molar-refractivity contribution in [2.45, 2.75) is 6.92 Å². The van der Waals surface area contributed by atoms with Crippen molar-refractivity contribution in [3.8, 4) is 0 Å². The molecule has 0 atom stereocenters. The van der Waals surface area contributed by atoms with E-state index < -0.39 is 28.9 Å². The number of benzene rings is 1. The van der Waals surface area contributed by atoms with Gasteiger partial charge in [0.1, 0.15) is 0 Å². The number of hydrogen-bond donors (Lipinski definition) is 2. The Kier molecular flexibility index (Phi) is 3.05. The number of carbonyl (C=O) groups excluding carboxylic acids is 1. The molecule has 1 aromatic carbocycles. The van der Waals surface area contributed by atoms with Gasteiger partial charge in [0.05, 0.1) is 5.56 Å². The number of halogens is 3. The number of nitrogens with one attached hydrogen (secondary N) is 2. The molecule has 1 heterocycles. The predicted molar refractivity (Wildman–Crippen MR) is 57.6 cm³/mol. The molecule has 0 aliphatic carbocycles. The van der Waals surface area contributed by atoms with Gasteiger partial charge in [0.15, 0.2) is 23.3 Å². The number of anilines is 1. The molecule has 94 valence electrons. The van der Waals surface area contributed by atoms with Crippen molar-refractivity contribution in [3.63, 3.8) is 0 Å². The first-order valence-corrected chi connectivity index (χ1v) is 4.96. The van der Waals surface area contributed by atoms with E-state index in [9.17, 15) is 18.0 Å². The van der Waals surface area contributed by atoms with Crippen molar-refractivity contribution in [3.05, 3.63) is 46.9 Å². The molecule has 18 heavy (non-hydrogen) atoms. The van der Waals surface area contributed by atoms with Gasteiger partial charge in [0.25, 0.3) is 5.91 Å². The summed E-state index contributed by atoms with van der Waals surface area (Å²) in [6.45, 7) is 1.71. The predicted octanol–water partition coefficient (Wildman–Crippen LogP) is 2.39. The molecule has 0 unspecified atom stereocenters. The Hall–Kier alpha value is -2.31. The average Bonchev–Trinajstić information content (AvgIpc) is 2.71. The normalized spacial score (nSPS) is 10.4. The topological polar surface area (TPSA) is 57.8 Å². The fourth-order valence-electron chi connectivity index (χ4n) is 1.37. The maximum absolute atomic E-state index is 13.3. The molecule has 7 heteroatoms. The highest BCUT2D eigenvalue weighted by atomic mass is 19.2. The van der Waals surface area contributed by atoms with Crippen LogP contribution in [0.5, 0.6) is 0 Å². The molecule has 0 bridgehead atoms. The minimum Gasteiger partial charge on any atom is -0.305 e. The molecule has 2 N–H and O–H groups in total. The number of aryl methyl sites for hydroxylation is 1. The third kappa shape index (κ3) is 2.20. The zero-order valence-corrected chi connectivity index (χ0v) is 9.22. The lowest BCUT2D eigenvalue weighted by molar-refractivity contribution is 0.102. The third-order valence-corrected chi connectivity index (χ3v) is 2.23. The van der Waals surface area contributed by atoms with Crippen LogP contribution in [0.2, 0.25) is 0 Å². The number of carbonyl (C=O) groups is 1. The number of rotatable bonds is 2. The van der Waals surface area contributed by atoms with E-state index in [4.69, 9.17) is 0 Å². The Bertz CT molecular complexity index is 610. The third-order valence-electron chi connectivity index (χ3n) is 2.23. The van der Waals surface area contributed by atoms with Gasteiger partial charge in [-0.3, -0.25) is 9.89 Å². The van der Waals surface area contributed by atoms with E-state index in [2.05, 4.69) is 15.5 Å². The van der Waals surface area contributed by atoms with E-state index in [-0.39, 0.29) is 5.82 Å². The van der Waals surface area contributed by atoms with Crippen LogP contribution in [0, 0.1) is 24.4 Å². The highest BCUT2D eigenvalue weighted by Gasteiger charge is 2.19. The molecule has 0 radical (unpaired) electrons. The minimum atomic E-state index is -1.68. The molecule has 0 saturated carbocycles. The van der Waals surface area contributed by atoms with Gasteiger partial charge in [-0.2, -0.15) is 5.10 Å². The van der Waals surface area contributed by atoms with Crippen LogP contribution in [0.1, 0.15) is 16.1 Å². The summed E-state index contributed by atoms with van der Waals surface area (Å²) in [6, 6.07) is 3.06. The summed E-state index contributed by atoms with van der Waals surface area (Å²) in [4.78, 5) is 11.6. The molecule has 1 aromatic heterocycles. The largest absolute Gasteiger partial charge is 0.305 e. The first-order chi connectivity index (χ1) is 8.49. The molecule has 0 fully saturated rings. The standard InChI is InChI=1S/C11H8F3N3O/c1-5-4-8(17-16-5)15-11(18)6-2-3-7(12)10(14)9(6)13/h2-4H,1H3,(H2,15,16,17,18). The van der Waals surface area contributed by atoms with E-state index in [0.29, 0.717) is 11.8 Å². The van der Waals surface area contributed by atoms with Gasteiger partial charge in [-0.05, 0) is 19.1 Å². The fraction of sp³-hybridized carbons (Fsp3) is 0.0909. The number of hydrogen-bond acceptors (Lipinski definition) is 2. The second-order valence-electron chi connectivity index (χ2n) is 3.61. The molecule has 0 spiro atoms. The van der Waals surface area contributed by atoms with Crippen LogP contribution in [-0.4, -0.2) is 16.1 Å². The zero-order valence-electron chi connectivity index (χ0n) is 9.22. The van der Waals surface area contributed by atoms with Crippen LogP contribution in [0.4, 0.5) is 19.0 Å². The summed E-state index contributed by atoms with van der Waals surface area (Å²) in [5.41, 5.74) is 0.102. The number of aromatic nitrogens is 2. The van der Waals surface area contributed by atoms with Crippen LogP contribution >= 0.6 is 0 Å². The Labute approximate surface area is 99.8 Å². The molecule has 1 amide bonds. The maximum Gasteiger partial charge on any atom is 0.259 e. The summed E-state index contributed by atoms with van der Waals surface area (Å²) >= 11 is 0. The first-order valence-electron chi connectivity index (χ1n) is 4.96. The van der Waals surface area contributed by atoms with Crippen molar-refractivity contribution in [2.75, 3.05) is 5.32 Å². The quantitative estimate of drug-likeness (QED) is 0.809. The molecular formula is C11H8F3N3O. The number of H-pyrrole nitrogens is 1. The van der Waals surface area contributed by atoms with Crippen molar-refractivity contribution >= 4 is 11.7 Å². The van der Waals surface area contributed by atoms with E-state index in [1.165, 1.54) is 6.07 Å². The first kappa shape index (κ1) is 12.2. The van der Waals surface area contributed by atoms with Gasteiger partial charge in [-0.1, -0.05) is 0 Å². The van der Waals surface area contributed by atoms with Gasteiger partial charge < -0.3 is 5.32 Å². The number of aromatic amines is 1. The summed E-state index contributed by atoms with van der Waals surface area (Å²) < 4.78 is 38.9. The van der Waals surface area contributed by atoms with Crippen molar-refractivity contribution < 1.29 is 18.0 Å². The number of amides is 1. The molecule has 0 aliphatic heterocycles. The Morgan fingerprint density at radius 3 is 2.61 bits per heavy atom. The van der Waals surface area contributed by atoms with Crippen LogP contribution in [-0.2, 0) is 0 Å².